The van der Waals surface area contributed by atoms with Crippen LogP contribution in [0.5, 0.6) is 0 Å². The highest BCUT2D eigenvalue weighted by Gasteiger charge is 2.29. The van der Waals surface area contributed by atoms with E-state index in [1.807, 2.05) is 13.0 Å². The number of allylic oxidation sites excluding steroid dienone is 3. The fraction of sp³-hybridized carbons (Fsp3) is 0.364. The lowest BCUT2D eigenvalue weighted by atomic mass is 10.4. The van der Waals surface area contributed by atoms with Crippen LogP contribution in [0, 0.1) is 0 Å². The average Bonchev–Trinajstić information content (AvgIpc) is 2.16. The second-order valence-electron chi connectivity index (χ2n) is 2.97. The number of hydrogen-bond donors (Lipinski definition) is 0. The van der Waals surface area contributed by atoms with Crippen molar-refractivity contribution in [3.8, 4) is 0 Å². The molecule has 0 rings (SSSR count). The van der Waals surface area contributed by atoms with Crippen LogP contribution >= 0.6 is 23.2 Å². The molecule has 0 aromatic carbocycles. The van der Waals surface area contributed by atoms with Gasteiger partial charge in [0.1, 0.15) is 0 Å². The summed E-state index contributed by atoms with van der Waals surface area (Å²) >= 11 is 11.4. The molecule has 0 bridgehead atoms. The Bertz CT molecular complexity index is 306. The van der Waals surface area contributed by atoms with Crippen molar-refractivity contribution in [2.75, 3.05) is 6.61 Å². The van der Waals surface area contributed by atoms with Crippen molar-refractivity contribution in [3.63, 3.8) is 0 Å². The fourth-order valence-corrected chi connectivity index (χ4v) is 0.875. The van der Waals surface area contributed by atoms with E-state index in [0.717, 1.165) is 0 Å². The Balaban J connectivity index is 4.05. The van der Waals surface area contributed by atoms with Crippen molar-refractivity contribution in [3.05, 3.63) is 36.6 Å². The van der Waals surface area contributed by atoms with Crippen molar-refractivity contribution in [1.29, 1.82) is 0 Å². The van der Waals surface area contributed by atoms with Crippen molar-refractivity contribution in [1.82, 2.24) is 0 Å². The molecule has 0 unspecified atom stereocenters. The first-order chi connectivity index (χ1) is 7.39. The minimum Gasteiger partial charge on any atom is -0.494 e. The molecule has 0 aromatic rings. The first-order valence-electron chi connectivity index (χ1n) is 4.55. The Morgan fingerprint density at radius 1 is 1.44 bits per heavy atom. The number of rotatable bonds is 6. The zero-order chi connectivity index (χ0) is 12.6. The number of hydrogen-bond acceptors (Lipinski definition) is 3. The van der Waals surface area contributed by atoms with E-state index in [1.54, 1.807) is 12.2 Å². The summed E-state index contributed by atoms with van der Waals surface area (Å²) in [5.74, 6) is -0.661. The Hall–Kier alpha value is -0.930. The zero-order valence-electron chi connectivity index (χ0n) is 9.20. The fourth-order valence-electron chi connectivity index (χ4n) is 0.609. The monoisotopic (exact) mass is 264 g/mol. The number of esters is 1. The predicted octanol–water partition coefficient (Wildman–Crippen LogP) is 3.34. The van der Waals surface area contributed by atoms with Gasteiger partial charge in [0.05, 0.1) is 6.26 Å². The van der Waals surface area contributed by atoms with E-state index in [-0.39, 0.29) is 12.2 Å². The summed E-state index contributed by atoms with van der Waals surface area (Å²) in [7, 11) is 0. The number of halogens is 2. The highest BCUT2D eigenvalue weighted by Crippen LogP contribution is 2.24. The molecule has 0 N–H and O–H groups in total. The Labute approximate surface area is 105 Å². The lowest BCUT2D eigenvalue weighted by Crippen LogP contribution is -2.27. The molecule has 0 aliphatic rings. The number of alkyl halides is 2. The minimum atomic E-state index is -1.71. The molecule has 0 saturated heterocycles. The van der Waals surface area contributed by atoms with E-state index in [4.69, 9.17) is 32.7 Å². The van der Waals surface area contributed by atoms with Crippen molar-refractivity contribution in [2.45, 2.75) is 18.4 Å². The quantitative estimate of drug-likeness (QED) is 0.243. The molecular formula is C11H14Cl2O3. The third-order valence-corrected chi connectivity index (χ3v) is 1.69. The smallest absolute Gasteiger partial charge is 0.335 e. The summed E-state index contributed by atoms with van der Waals surface area (Å²) in [6.07, 6.45) is 6.65. The Morgan fingerprint density at radius 3 is 2.56 bits per heavy atom. The van der Waals surface area contributed by atoms with Gasteiger partial charge >= 0.3 is 5.97 Å². The van der Waals surface area contributed by atoms with Gasteiger partial charge in [-0.1, -0.05) is 41.9 Å². The van der Waals surface area contributed by atoms with Gasteiger partial charge in [0.15, 0.2) is 6.61 Å². The van der Waals surface area contributed by atoms with Gasteiger partial charge in [-0.05, 0) is 19.9 Å². The lowest BCUT2D eigenvalue weighted by molar-refractivity contribution is -0.144. The van der Waals surface area contributed by atoms with Gasteiger partial charge < -0.3 is 9.47 Å². The second-order valence-corrected chi connectivity index (χ2v) is 4.39. The SMILES string of the molecule is C=C(C)C(=O)OC(Cl)(Cl)CO/C=C/C=C/C. The van der Waals surface area contributed by atoms with E-state index in [0.29, 0.717) is 0 Å². The van der Waals surface area contributed by atoms with Crippen LogP contribution in [0.15, 0.2) is 36.6 Å². The van der Waals surface area contributed by atoms with E-state index >= 15 is 0 Å². The molecule has 0 aromatic heterocycles. The molecule has 0 aliphatic heterocycles. The topological polar surface area (TPSA) is 35.5 Å². The molecule has 5 heteroatoms. The van der Waals surface area contributed by atoms with Gasteiger partial charge in [-0.15, -0.1) is 0 Å². The van der Waals surface area contributed by atoms with Crippen LogP contribution in [0.25, 0.3) is 0 Å². The van der Waals surface area contributed by atoms with Gasteiger partial charge in [-0.3, -0.25) is 0 Å². The van der Waals surface area contributed by atoms with E-state index in [2.05, 4.69) is 6.58 Å². The normalized spacial score (nSPS) is 12.0. The molecule has 0 atom stereocenters. The Morgan fingerprint density at radius 2 is 2.06 bits per heavy atom. The maximum atomic E-state index is 11.1. The predicted molar refractivity (Wildman–Crippen MR) is 65.2 cm³/mol. The molecule has 90 valence electrons. The van der Waals surface area contributed by atoms with Crippen molar-refractivity contribution >= 4 is 29.2 Å². The molecule has 0 heterocycles. The van der Waals surface area contributed by atoms with Gasteiger partial charge in [0, 0.05) is 5.57 Å². The third-order valence-electron chi connectivity index (χ3n) is 1.32. The minimum absolute atomic E-state index is 0.164. The third kappa shape index (κ3) is 7.37. The van der Waals surface area contributed by atoms with Gasteiger partial charge in [-0.25, -0.2) is 4.79 Å². The van der Waals surface area contributed by atoms with Crippen LogP contribution in [-0.2, 0) is 14.3 Å². The van der Waals surface area contributed by atoms with Gasteiger partial charge in [-0.2, -0.15) is 0 Å². The molecule has 3 nitrogen and oxygen atoms in total. The van der Waals surface area contributed by atoms with E-state index in [9.17, 15) is 4.79 Å². The molecule has 0 saturated carbocycles. The molecule has 0 aliphatic carbocycles. The Kier molecular flexibility index (Phi) is 6.93. The van der Waals surface area contributed by atoms with Gasteiger partial charge in [0.25, 0.3) is 4.52 Å². The first kappa shape index (κ1) is 15.1. The van der Waals surface area contributed by atoms with Crippen molar-refractivity contribution < 1.29 is 14.3 Å². The number of ether oxygens (including phenoxy) is 2. The summed E-state index contributed by atoms with van der Waals surface area (Å²) in [5.41, 5.74) is 0.218. The van der Waals surface area contributed by atoms with Crippen LogP contribution in [0.3, 0.4) is 0 Å². The van der Waals surface area contributed by atoms with E-state index < -0.39 is 10.5 Å². The molecular weight excluding hydrogens is 251 g/mol. The highest BCUT2D eigenvalue weighted by atomic mass is 35.5. The van der Waals surface area contributed by atoms with Crippen molar-refractivity contribution in [2.24, 2.45) is 0 Å². The number of carbonyl (C=O) groups is 1. The summed E-state index contributed by atoms with van der Waals surface area (Å²) < 4.78 is 7.99. The standard InChI is InChI=1S/C11H14Cl2O3/c1-4-5-6-7-15-8-11(12,13)16-10(14)9(2)3/h4-7H,2,8H2,1,3H3/b5-4+,7-6+. The summed E-state index contributed by atoms with van der Waals surface area (Å²) in [4.78, 5) is 11.1. The van der Waals surface area contributed by atoms with Gasteiger partial charge in [0.2, 0.25) is 0 Å². The summed E-state index contributed by atoms with van der Waals surface area (Å²) in [5, 5.41) is 0. The lowest BCUT2D eigenvalue weighted by Gasteiger charge is -2.19. The maximum absolute atomic E-state index is 11.1. The highest BCUT2D eigenvalue weighted by molar-refractivity contribution is 6.47. The second kappa shape index (κ2) is 7.36. The van der Waals surface area contributed by atoms with E-state index in [1.165, 1.54) is 13.2 Å². The number of carbonyl (C=O) groups excluding carboxylic acids is 1. The average molecular weight is 265 g/mol. The molecule has 16 heavy (non-hydrogen) atoms. The maximum Gasteiger partial charge on any atom is 0.335 e. The summed E-state index contributed by atoms with van der Waals surface area (Å²) in [6, 6.07) is 0. The summed E-state index contributed by atoms with van der Waals surface area (Å²) in [6.45, 7) is 6.61. The molecule has 0 fully saturated rings. The molecule has 0 amide bonds. The molecule has 0 spiro atoms. The van der Waals surface area contributed by atoms with Crippen LogP contribution in [0.2, 0.25) is 0 Å². The van der Waals surface area contributed by atoms with Crippen LogP contribution in [-0.4, -0.2) is 17.1 Å². The largest absolute Gasteiger partial charge is 0.494 e. The van der Waals surface area contributed by atoms with Crippen LogP contribution in [0.4, 0.5) is 0 Å². The van der Waals surface area contributed by atoms with Crippen LogP contribution in [0.1, 0.15) is 13.8 Å². The zero-order valence-corrected chi connectivity index (χ0v) is 10.7. The first-order valence-corrected chi connectivity index (χ1v) is 5.31. The molecule has 0 radical (unpaired) electrons. The van der Waals surface area contributed by atoms with Crippen LogP contribution < -0.4 is 0 Å².